The van der Waals surface area contributed by atoms with Crippen molar-refractivity contribution >= 4 is 11.4 Å². The Hall–Kier alpha value is -2.93. The smallest absolute Gasteiger partial charge is 0.270 e. The normalized spacial score (nSPS) is 20.8. The highest BCUT2D eigenvalue weighted by atomic mass is 16.6. The molecule has 180 valence electrons. The third-order valence-electron chi connectivity index (χ3n) is 7.15. The van der Waals surface area contributed by atoms with Crippen LogP contribution in [0.3, 0.4) is 0 Å². The predicted molar refractivity (Wildman–Crippen MR) is 132 cm³/mol. The van der Waals surface area contributed by atoms with E-state index in [9.17, 15) is 15.2 Å². The van der Waals surface area contributed by atoms with Crippen LogP contribution in [0, 0.1) is 10.1 Å². The lowest BCUT2D eigenvalue weighted by molar-refractivity contribution is -0.384. The Morgan fingerprint density at radius 2 is 1.85 bits per heavy atom. The van der Waals surface area contributed by atoms with Gasteiger partial charge in [0.2, 0.25) is 0 Å². The summed E-state index contributed by atoms with van der Waals surface area (Å²) < 4.78 is 6.29. The highest BCUT2D eigenvalue weighted by Crippen LogP contribution is 2.50. The molecular weight excluding hydrogens is 430 g/mol. The summed E-state index contributed by atoms with van der Waals surface area (Å²) in [5.74, 6) is 0.801. The van der Waals surface area contributed by atoms with Crippen LogP contribution in [0.4, 0.5) is 5.69 Å². The molecule has 0 radical (unpaired) electrons. The number of piperidine rings is 1. The van der Waals surface area contributed by atoms with Crippen LogP contribution in [-0.2, 0) is 19.4 Å². The first-order chi connectivity index (χ1) is 16.0. The summed E-state index contributed by atoms with van der Waals surface area (Å²) in [6.45, 7) is 10.9. The lowest BCUT2D eigenvalue weighted by Crippen LogP contribution is -2.34. The molecule has 3 aliphatic rings. The quantitative estimate of drug-likeness (QED) is 0.499. The standard InChI is InChI=1S/C27H33N3O4/c1-26(2)14-19-21(16-29-11-6-5-7-12-29)24(31)25-20(15-27(3,4)34-25)22(19)23(28-26)17-9-8-10-18(13-17)30(32)33/h8-10,13,31H,5-7,11-12,14-16H2,1-4H3. The summed E-state index contributed by atoms with van der Waals surface area (Å²) >= 11 is 0. The number of rotatable bonds is 4. The number of nitro groups is 1. The van der Waals surface area contributed by atoms with Gasteiger partial charge in [-0.05, 0) is 65.6 Å². The Morgan fingerprint density at radius 3 is 2.56 bits per heavy atom. The maximum absolute atomic E-state index is 11.5. The van der Waals surface area contributed by atoms with Gasteiger partial charge in [-0.25, -0.2) is 0 Å². The van der Waals surface area contributed by atoms with Crippen LogP contribution in [-0.4, -0.2) is 44.9 Å². The van der Waals surface area contributed by atoms with E-state index >= 15 is 0 Å². The number of fused-ring (bicyclic) bond motifs is 3. The van der Waals surface area contributed by atoms with E-state index in [1.165, 1.54) is 25.3 Å². The first-order valence-corrected chi connectivity index (χ1v) is 12.2. The third kappa shape index (κ3) is 4.06. The van der Waals surface area contributed by atoms with Gasteiger partial charge in [0.05, 0.1) is 16.2 Å². The van der Waals surface area contributed by atoms with Gasteiger partial charge in [-0.2, -0.15) is 0 Å². The third-order valence-corrected chi connectivity index (χ3v) is 7.15. The second-order valence-electron chi connectivity index (χ2n) is 11.1. The molecule has 3 heterocycles. The van der Waals surface area contributed by atoms with E-state index in [1.54, 1.807) is 12.1 Å². The van der Waals surface area contributed by atoms with Crippen LogP contribution < -0.4 is 4.74 Å². The van der Waals surface area contributed by atoms with Crippen LogP contribution in [0.5, 0.6) is 11.5 Å². The number of ether oxygens (including phenoxy) is 1. The van der Waals surface area contributed by atoms with Crippen molar-refractivity contribution in [2.75, 3.05) is 13.1 Å². The summed E-state index contributed by atoms with van der Waals surface area (Å²) in [6.07, 6.45) is 4.94. The minimum Gasteiger partial charge on any atom is -0.504 e. The Morgan fingerprint density at radius 1 is 1.12 bits per heavy atom. The minimum absolute atomic E-state index is 0.0469. The van der Waals surface area contributed by atoms with Crippen LogP contribution in [0.2, 0.25) is 0 Å². The number of nitrogens with zero attached hydrogens (tertiary/aromatic N) is 3. The molecule has 0 aliphatic carbocycles. The van der Waals surface area contributed by atoms with Gasteiger partial charge < -0.3 is 9.84 Å². The first kappa shape index (κ1) is 22.8. The van der Waals surface area contributed by atoms with Gasteiger partial charge in [0.1, 0.15) is 5.60 Å². The SMILES string of the molecule is CC1(C)Cc2c(CN3CCCCC3)c(O)c3c(c2C(c2cccc([N+](=O)[O-])c2)=N1)CC(C)(C)O3. The molecule has 1 N–H and O–H groups in total. The molecule has 0 saturated carbocycles. The molecule has 7 nitrogen and oxygen atoms in total. The second kappa shape index (κ2) is 8.08. The van der Waals surface area contributed by atoms with Gasteiger partial charge in [0, 0.05) is 47.4 Å². The number of hydrogen-bond acceptors (Lipinski definition) is 6. The van der Waals surface area contributed by atoms with E-state index in [2.05, 4.69) is 18.7 Å². The van der Waals surface area contributed by atoms with Gasteiger partial charge >= 0.3 is 0 Å². The number of non-ortho nitro benzene ring substituents is 1. The molecule has 0 unspecified atom stereocenters. The number of nitro benzene ring substituents is 1. The van der Waals surface area contributed by atoms with Crippen molar-refractivity contribution in [1.82, 2.24) is 4.90 Å². The van der Waals surface area contributed by atoms with E-state index in [0.717, 1.165) is 46.6 Å². The van der Waals surface area contributed by atoms with Crippen LogP contribution in [0.25, 0.3) is 0 Å². The highest BCUT2D eigenvalue weighted by Gasteiger charge is 2.41. The Balaban J connectivity index is 1.74. The zero-order valence-electron chi connectivity index (χ0n) is 20.5. The van der Waals surface area contributed by atoms with Crippen molar-refractivity contribution in [3.63, 3.8) is 0 Å². The highest BCUT2D eigenvalue weighted by molar-refractivity contribution is 6.16. The average Bonchev–Trinajstić information content (AvgIpc) is 3.11. The number of aromatic hydroxyl groups is 1. The molecule has 2 aromatic rings. The van der Waals surface area contributed by atoms with Gasteiger partial charge in [0.15, 0.2) is 11.5 Å². The van der Waals surface area contributed by atoms with Crippen molar-refractivity contribution in [2.24, 2.45) is 4.99 Å². The molecule has 0 aromatic heterocycles. The molecule has 5 rings (SSSR count). The van der Waals surface area contributed by atoms with Crippen LogP contribution in [0.15, 0.2) is 29.3 Å². The van der Waals surface area contributed by atoms with Crippen molar-refractivity contribution in [2.45, 2.75) is 77.5 Å². The molecule has 1 saturated heterocycles. The predicted octanol–water partition coefficient (Wildman–Crippen LogP) is 5.17. The zero-order chi connectivity index (χ0) is 24.3. The molecular formula is C27H33N3O4. The molecule has 1 fully saturated rings. The Kier molecular flexibility index (Phi) is 5.43. The zero-order valence-corrected chi connectivity index (χ0v) is 20.5. The van der Waals surface area contributed by atoms with Crippen molar-refractivity contribution in [1.29, 1.82) is 0 Å². The maximum Gasteiger partial charge on any atom is 0.270 e. The van der Waals surface area contributed by atoms with Gasteiger partial charge in [0.25, 0.3) is 5.69 Å². The number of aliphatic imine (C=N–C) groups is 1. The average molecular weight is 464 g/mol. The van der Waals surface area contributed by atoms with Crippen molar-refractivity contribution < 1.29 is 14.8 Å². The van der Waals surface area contributed by atoms with E-state index in [1.807, 2.05) is 19.9 Å². The molecule has 0 spiro atoms. The van der Waals surface area contributed by atoms with E-state index in [4.69, 9.17) is 9.73 Å². The van der Waals surface area contributed by atoms with E-state index < -0.39 is 11.1 Å². The fourth-order valence-electron chi connectivity index (χ4n) is 5.68. The summed E-state index contributed by atoms with van der Waals surface area (Å²) in [6, 6.07) is 6.72. The van der Waals surface area contributed by atoms with E-state index in [-0.39, 0.29) is 16.4 Å². The summed E-state index contributed by atoms with van der Waals surface area (Å²) in [5.41, 5.74) is 4.65. The summed E-state index contributed by atoms with van der Waals surface area (Å²) in [4.78, 5) is 18.7. The largest absolute Gasteiger partial charge is 0.504 e. The summed E-state index contributed by atoms with van der Waals surface area (Å²) in [7, 11) is 0. The van der Waals surface area contributed by atoms with E-state index in [0.29, 0.717) is 25.1 Å². The Labute approximate surface area is 200 Å². The minimum atomic E-state index is -0.446. The van der Waals surface area contributed by atoms with Gasteiger partial charge in [-0.1, -0.05) is 18.6 Å². The molecule has 0 amide bonds. The lowest BCUT2D eigenvalue weighted by Gasteiger charge is -2.34. The number of phenols is 1. The molecule has 7 heteroatoms. The van der Waals surface area contributed by atoms with Gasteiger partial charge in [-0.15, -0.1) is 0 Å². The maximum atomic E-state index is 11.5. The lowest BCUT2D eigenvalue weighted by atomic mass is 9.78. The number of benzene rings is 2. The van der Waals surface area contributed by atoms with Crippen molar-refractivity contribution in [3.05, 3.63) is 62.2 Å². The molecule has 3 aliphatic heterocycles. The number of likely N-dealkylation sites (tertiary alicyclic amines) is 1. The Bertz CT molecular complexity index is 1190. The number of hydrogen-bond donors (Lipinski definition) is 1. The second-order valence-corrected chi connectivity index (χ2v) is 11.1. The fraction of sp³-hybridized carbons (Fsp3) is 0.519. The topological polar surface area (TPSA) is 88.2 Å². The van der Waals surface area contributed by atoms with Crippen LogP contribution in [0.1, 0.15) is 74.8 Å². The molecule has 0 bridgehead atoms. The first-order valence-electron chi connectivity index (χ1n) is 12.2. The monoisotopic (exact) mass is 463 g/mol. The molecule has 0 atom stereocenters. The summed E-state index contributed by atoms with van der Waals surface area (Å²) in [5, 5.41) is 23.0. The number of phenolic OH excluding ortho intramolecular Hbond substituents is 1. The van der Waals surface area contributed by atoms with Crippen molar-refractivity contribution in [3.8, 4) is 11.5 Å². The molecule has 2 aromatic carbocycles. The van der Waals surface area contributed by atoms with Gasteiger partial charge in [-0.3, -0.25) is 20.0 Å². The molecule has 34 heavy (non-hydrogen) atoms. The van der Waals surface area contributed by atoms with Crippen LogP contribution >= 0.6 is 0 Å². The fourth-order valence-corrected chi connectivity index (χ4v) is 5.68.